The van der Waals surface area contributed by atoms with Crippen LogP contribution in [0, 0.1) is 11.8 Å². The van der Waals surface area contributed by atoms with Crippen LogP contribution in [0.15, 0.2) is 24.3 Å². The van der Waals surface area contributed by atoms with Crippen molar-refractivity contribution in [2.45, 2.75) is 88.2 Å². The molecule has 5 atom stereocenters. The normalized spacial score (nSPS) is 28.1. The Morgan fingerprint density at radius 3 is 2.70 bits per heavy atom. The zero-order valence-corrected chi connectivity index (χ0v) is 18.7. The summed E-state index contributed by atoms with van der Waals surface area (Å²) in [5.41, 5.74) is -0.812. The number of allylic oxidation sites excluding steroid dienone is 2. The van der Waals surface area contributed by atoms with E-state index in [0.29, 0.717) is 12.3 Å². The average molecular weight is 445 g/mol. The average Bonchev–Trinajstić information content (AvgIpc) is 2.89. The van der Waals surface area contributed by atoms with E-state index in [-0.39, 0.29) is 22.8 Å². The maximum Gasteiger partial charge on any atom is 0.305 e. The Balaban J connectivity index is 2.54. The number of carbonyl (C=O) groups excluding carboxylic acids is 1. The Bertz CT molecular complexity index is 487. The first-order chi connectivity index (χ1) is 12.8. The molecule has 1 rings (SSSR count). The molecule has 0 radical (unpaired) electrons. The third-order valence-electron chi connectivity index (χ3n) is 5.39. The van der Waals surface area contributed by atoms with Crippen LogP contribution in [-0.2, 0) is 9.53 Å². The highest BCUT2D eigenvalue weighted by Crippen LogP contribution is 2.40. The minimum atomic E-state index is -0.812. The number of halogens is 1. The van der Waals surface area contributed by atoms with E-state index in [1.165, 1.54) is 7.11 Å². The van der Waals surface area contributed by atoms with E-state index in [2.05, 4.69) is 39.7 Å². The van der Waals surface area contributed by atoms with Gasteiger partial charge in [-0.3, -0.25) is 4.79 Å². The molecular weight excluding hydrogens is 408 g/mol. The van der Waals surface area contributed by atoms with Crippen molar-refractivity contribution in [2.24, 2.45) is 11.8 Å². The standard InChI is InChI=1S/C22H37BrO4/c1-4-5-10-14-22(2,26)15-13-18-17(19(23)16-20(18)24)11-8-6-7-9-12-21(25)27-3/h6,8,13,15,17-20,24,26H,4-5,7,9-12,14,16H2,1-3H3/t17-,18-,19-,20-,22?/m1/s1. The van der Waals surface area contributed by atoms with Crippen molar-refractivity contribution in [3.63, 3.8) is 0 Å². The summed E-state index contributed by atoms with van der Waals surface area (Å²) in [6.45, 7) is 4.01. The third-order valence-corrected chi connectivity index (χ3v) is 6.44. The smallest absolute Gasteiger partial charge is 0.305 e. The lowest BCUT2D eigenvalue weighted by Gasteiger charge is -2.23. The summed E-state index contributed by atoms with van der Waals surface area (Å²) >= 11 is 3.72. The van der Waals surface area contributed by atoms with Crippen molar-refractivity contribution in [3.8, 4) is 0 Å². The summed E-state index contributed by atoms with van der Waals surface area (Å²) in [6.07, 6.45) is 15.5. The van der Waals surface area contributed by atoms with E-state index in [9.17, 15) is 15.0 Å². The Kier molecular flexibility index (Phi) is 11.5. The van der Waals surface area contributed by atoms with Crippen LogP contribution in [0.4, 0.5) is 0 Å². The number of unbranched alkanes of at least 4 members (excludes halogenated alkanes) is 3. The first-order valence-corrected chi connectivity index (χ1v) is 11.2. The zero-order chi connectivity index (χ0) is 20.3. The molecule has 0 amide bonds. The summed E-state index contributed by atoms with van der Waals surface area (Å²) in [4.78, 5) is 11.4. The molecule has 4 nitrogen and oxygen atoms in total. The van der Waals surface area contributed by atoms with Gasteiger partial charge in [-0.1, -0.05) is 66.4 Å². The van der Waals surface area contributed by atoms with Crippen LogP contribution >= 0.6 is 15.9 Å². The van der Waals surface area contributed by atoms with Gasteiger partial charge in [0.1, 0.15) is 0 Å². The number of aliphatic hydroxyl groups is 2. The van der Waals surface area contributed by atoms with Gasteiger partial charge >= 0.3 is 5.97 Å². The topological polar surface area (TPSA) is 66.8 Å². The third kappa shape index (κ3) is 9.40. The van der Waals surface area contributed by atoms with Crippen molar-refractivity contribution < 1.29 is 19.7 Å². The summed E-state index contributed by atoms with van der Waals surface area (Å²) in [5, 5.41) is 21.0. The Hall–Kier alpha value is -0.650. The van der Waals surface area contributed by atoms with E-state index >= 15 is 0 Å². The number of aliphatic hydroxyl groups excluding tert-OH is 1. The quantitative estimate of drug-likeness (QED) is 0.194. The van der Waals surface area contributed by atoms with E-state index in [0.717, 1.165) is 51.4 Å². The number of esters is 1. The van der Waals surface area contributed by atoms with Gasteiger partial charge in [0.05, 0.1) is 18.8 Å². The predicted molar refractivity (Wildman–Crippen MR) is 114 cm³/mol. The van der Waals surface area contributed by atoms with Gasteiger partial charge in [0.2, 0.25) is 0 Å². The van der Waals surface area contributed by atoms with Crippen LogP contribution in [-0.4, -0.2) is 39.8 Å². The monoisotopic (exact) mass is 444 g/mol. The molecule has 1 aliphatic rings. The van der Waals surface area contributed by atoms with E-state index in [4.69, 9.17) is 0 Å². The van der Waals surface area contributed by atoms with Gasteiger partial charge in [0, 0.05) is 17.2 Å². The first kappa shape index (κ1) is 24.4. The van der Waals surface area contributed by atoms with Gasteiger partial charge in [-0.2, -0.15) is 0 Å². The minimum Gasteiger partial charge on any atom is -0.469 e. The Morgan fingerprint density at radius 1 is 1.30 bits per heavy atom. The molecule has 0 aromatic heterocycles. The second kappa shape index (κ2) is 12.7. The largest absolute Gasteiger partial charge is 0.469 e. The molecule has 5 heteroatoms. The summed E-state index contributed by atoms with van der Waals surface area (Å²) in [6, 6.07) is 0. The first-order valence-electron chi connectivity index (χ1n) is 10.3. The van der Waals surface area contributed by atoms with E-state index in [1.807, 2.05) is 19.1 Å². The molecule has 1 aliphatic carbocycles. The van der Waals surface area contributed by atoms with E-state index < -0.39 is 5.60 Å². The fourth-order valence-electron chi connectivity index (χ4n) is 3.64. The van der Waals surface area contributed by atoms with Crippen molar-refractivity contribution in [1.82, 2.24) is 0 Å². The van der Waals surface area contributed by atoms with E-state index in [1.54, 1.807) is 0 Å². The number of methoxy groups -OCH3 is 1. The molecule has 0 heterocycles. The SMILES string of the molecule is CCCCCC(C)(O)C=C[C@@H]1[C@@H](CC=CCCCC(=O)OC)[C@H](Br)C[C@H]1O. The lowest BCUT2D eigenvalue weighted by molar-refractivity contribution is -0.140. The molecule has 0 aromatic carbocycles. The van der Waals surface area contributed by atoms with Gasteiger partial charge in [-0.25, -0.2) is 0 Å². The predicted octanol–water partition coefficient (Wildman–Crippen LogP) is 4.92. The number of hydrogen-bond acceptors (Lipinski definition) is 4. The van der Waals surface area contributed by atoms with Gasteiger partial charge in [-0.05, 0) is 44.9 Å². The highest BCUT2D eigenvalue weighted by molar-refractivity contribution is 9.09. The Morgan fingerprint density at radius 2 is 2.04 bits per heavy atom. The molecule has 1 saturated carbocycles. The minimum absolute atomic E-state index is 0.0479. The molecule has 2 N–H and O–H groups in total. The Labute approximate surface area is 173 Å². The summed E-state index contributed by atoms with van der Waals surface area (Å²) < 4.78 is 4.64. The lowest BCUT2D eigenvalue weighted by Crippen LogP contribution is -2.23. The molecule has 1 fully saturated rings. The molecule has 0 bridgehead atoms. The number of hydrogen-bond donors (Lipinski definition) is 2. The lowest BCUT2D eigenvalue weighted by atomic mass is 9.88. The van der Waals surface area contributed by atoms with Crippen LogP contribution in [0.1, 0.15) is 71.6 Å². The fraction of sp³-hybridized carbons (Fsp3) is 0.773. The van der Waals surface area contributed by atoms with Gasteiger partial charge in [0.25, 0.3) is 0 Å². The second-order valence-corrected chi connectivity index (χ2v) is 9.09. The summed E-state index contributed by atoms with van der Waals surface area (Å²) in [5.74, 6) is 0.185. The molecular formula is C22H37BrO4. The maximum atomic E-state index is 11.1. The molecule has 0 aliphatic heterocycles. The molecule has 27 heavy (non-hydrogen) atoms. The van der Waals surface area contributed by atoms with Gasteiger partial charge in [0.15, 0.2) is 0 Å². The molecule has 1 unspecified atom stereocenters. The second-order valence-electron chi connectivity index (χ2n) is 7.91. The fourth-order valence-corrected chi connectivity index (χ4v) is 4.59. The van der Waals surface area contributed by atoms with Crippen LogP contribution in [0.5, 0.6) is 0 Å². The van der Waals surface area contributed by atoms with Crippen molar-refractivity contribution in [1.29, 1.82) is 0 Å². The van der Waals surface area contributed by atoms with Gasteiger partial charge in [-0.15, -0.1) is 0 Å². The molecule has 0 aromatic rings. The molecule has 156 valence electrons. The molecule has 0 spiro atoms. The van der Waals surface area contributed by atoms with Crippen molar-refractivity contribution in [3.05, 3.63) is 24.3 Å². The zero-order valence-electron chi connectivity index (χ0n) is 17.1. The van der Waals surface area contributed by atoms with Crippen LogP contribution in [0.3, 0.4) is 0 Å². The van der Waals surface area contributed by atoms with Crippen molar-refractivity contribution >= 4 is 21.9 Å². The van der Waals surface area contributed by atoms with Crippen LogP contribution < -0.4 is 0 Å². The number of alkyl halides is 1. The molecule has 0 saturated heterocycles. The van der Waals surface area contributed by atoms with Crippen LogP contribution in [0.2, 0.25) is 0 Å². The highest BCUT2D eigenvalue weighted by Gasteiger charge is 2.39. The highest BCUT2D eigenvalue weighted by atomic mass is 79.9. The number of ether oxygens (including phenoxy) is 1. The van der Waals surface area contributed by atoms with Crippen molar-refractivity contribution in [2.75, 3.05) is 7.11 Å². The number of rotatable bonds is 12. The maximum absolute atomic E-state index is 11.1. The summed E-state index contributed by atoms with van der Waals surface area (Å²) in [7, 11) is 1.41. The van der Waals surface area contributed by atoms with Gasteiger partial charge < -0.3 is 14.9 Å². The van der Waals surface area contributed by atoms with Crippen LogP contribution in [0.25, 0.3) is 0 Å². The number of carbonyl (C=O) groups is 1.